The smallest absolute Gasteiger partial charge is 0.371 e. The van der Waals surface area contributed by atoms with Crippen molar-refractivity contribution in [1.82, 2.24) is 0 Å². The zero-order valence-corrected chi connectivity index (χ0v) is 13.4. The number of rotatable bonds is 4. The number of nitrogens with one attached hydrogen (secondary N) is 1. The van der Waals surface area contributed by atoms with Crippen molar-refractivity contribution in [3.8, 4) is 0 Å². The van der Waals surface area contributed by atoms with Gasteiger partial charge in [-0.25, -0.2) is 14.4 Å². The van der Waals surface area contributed by atoms with Crippen molar-refractivity contribution in [2.75, 3.05) is 26.1 Å². The topological polar surface area (TPSA) is 111 Å². The van der Waals surface area contributed by atoms with Gasteiger partial charge in [0, 0.05) is 5.69 Å². The van der Waals surface area contributed by atoms with Crippen molar-refractivity contribution >= 4 is 36.0 Å². The highest BCUT2D eigenvalue weighted by Gasteiger charge is 2.38. The molecule has 0 bridgehead atoms. The van der Waals surface area contributed by atoms with E-state index in [1.165, 1.54) is 18.2 Å². The van der Waals surface area contributed by atoms with Crippen molar-refractivity contribution in [2.24, 2.45) is 0 Å². The minimum atomic E-state index is -1.40. The Kier molecular flexibility index (Phi) is 5.25. The molecule has 0 aromatic heterocycles. The lowest BCUT2D eigenvalue weighted by molar-refractivity contribution is -0.138. The van der Waals surface area contributed by atoms with Crippen molar-refractivity contribution < 1.29 is 33.6 Å². The first-order valence-corrected chi connectivity index (χ1v) is 7.11. The second-order valence-corrected chi connectivity index (χ2v) is 4.82. The van der Waals surface area contributed by atoms with Gasteiger partial charge in [-0.3, -0.25) is 0 Å². The van der Waals surface area contributed by atoms with Gasteiger partial charge in [0.05, 0.1) is 31.9 Å². The Morgan fingerprint density at radius 3 is 2.38 bits per heavy atom. The molecule has 1 aromatic carbocycles. The molecule has 2 N–H and O–H groups in total. The van der Waals surface area contributed by atoms with Gasteiger partial charge < -0.3 is 24.6 Å². The number of carbonyl (C=O) groups is 3. The summed E-state index contributed by atoms with van der Waals surface area (Å²) in [7, 11) is 2.28. The van der Waals surface area contributed by atoms with E-state index < -0.39 is 24.8 Å². The van der Waals surface area contributed by atoms with E-state index in [0.717, 1.165) is 14.2 Å². The van der Waals surface area contributed by atoms with Crippen molar-refractivity contribution in [2.45, 2.75) is 6.92 Å². The van der Waals surface area contributed by atoms with Gasteiger partial charge in [0.2, 0.25) is 0 Å². The van der Waals surface area contributed by atoms with Crippen molar-refractivity contribution in [1.29, 1.82) is 0 Å². The normalized spacial score (nSPS) is 12.9. The minimum Gasteiger partial charge on any atom is -0.466 e. The van der Waals surface area contributed by atoms with Gasteiger partial charge in [-0.2, -0.15) is 0 Å². The summed E-state index contributed by atoms with van der Waals surface area (Å²) in [6, 6.07) is 4.35. The van der Waals surface area contributed by atoms with Crippen LogP contribution in [0.3, 0.4) is 0 Å². The molecule has 0 amide bonds. The number of carbonyl (C=O) groups excluding carboxylic acids is 3. The van der Waals surface area contributed by atoms with E-state index in [1.54, 1.807) is 6.92 Å². The first-order valence-electron chi connectivity index (χ1n) is 7.11. The van der Waals surface area contributed by atoms with Crippen molar-refractivity contribution in [3.63, 3.8) is 0 Å². The lowest BCUT2D eigenvalue weighted by Gasteiger charge is -2.24. The molecule has 1 aliphatic heterocycles. The fourth-order valence-corrected chi connectivity index (χ4v) is 2.33. The molecule has 1 heterocycles. The van der Waals surface area contributed by atoms with Gasteiger partial charge in [-0.1, -0.05) is 6.07 Å². The van der Waals surface area contributed by atoms with Gasteiger partial charge >= 0.3 is 24.8 Å². The summed E-state index contributed by atoms with van der Waals surface area (Å²) in [4.78, 5) is 35.6. The largest absolute Gasteiger partial charge is 0.466 e. The van der Waals surface area contributed by atoms with E-state index >= 15 is 0 Å². The maximum Gasteiger partial charge on any atom is 0.371 e. The van der Waals surface area contributed by atoms with Crippen LogP contribution in [-0.4, -0.2) is 50.7 Å². The predicted molar refractivity (Wildman–Crippen MR) is 84.7 cm³/mol. The minimum absolute atomic E-state index is 0.214. The van der Waals surface area contributed by atoms with E-state index in [0.29, 0.717) is 11.2 Å². The van der Waals surface area contributed by atoms with E-state index in [-0.39, 0.29) is 23.3 Å². The highest BCUT2D eigenvalue weighted by molar-refractivity contribution is 6.80. The van der Waals surface area contributed by atoms with E-state index in [1.807, 2.05) is 0 Å². The number of hydrogen-bond donors (Lipinski definition) is 2. The fraction of sp³-hybridized carbons (Fsp3) is 0.267. The first-order chi connectivity index (χ1) is 11.4. The molecule has 0 unspecified atom stereocenters. The molecule has 0 spiro atoms. The molecule has 0 saturated carbocycles. The van der Waals surface area contributed by atoms with E-state index in [2.05, 4.69) is 14.8 Å². The second-order valence-electron chi connectivity index (χ2n) is 4.82. The number of ether oxygens (including phenoxy) is 3. The Labute approximate surface area is 138 Å². The summed E-state index contributed by atoms with van der Waals surface area (Å²) < 4.78 is 14.2. The van der Waals surface area contributed by atoms with Gasteiger partial charge in [-0.15, -0.1) is 0 Å². The summed E-state index contributed by atoms with van der Waals surface area (Å²) in [5.41, 5.74) is 0.337. The lowest BCUT2D eigenvalue weighted by Crippen LogP contribution is -2.45. The molecule has 0 atom stereocenters. The number of esters is 3. The summed E-state index contributed by atoms with van der Waals surface area (Å²) in [6.45, 7) is 0.490. The number of anilines is 1. The monoisotopic (exact) mass is 333 g/mol. The maximum atomic E-state index is 11.9. The molecule has 8 nitrogen and oxygen atoms in total. The third-order valence-corrected chi connectivity index (χ3v) is 3.46. The van der Waals surface area contributed by atoms with Gasteiger partial charge in [0.25, 0.3) is 0 Å². The van der Waals surface area contributed by atoms with Crippen LogP contribution in [0.15, 0.2) is 29.4 Å². The van der Waals surface area contributed by atoms with Crippen LogP contribution in [0.5, 0.6) is 0 Å². The highest BCUT2D eigenvalue weighted by Crippen LogP contribution is 2.23. The predicted octanol–water partition coefficient (Wildman–Crippen LogP) is -0.381. The van der Waals surface area contributed by atoms with Crippen LogP contribution < -0.4 is 10.8 Å². The molecule has 0 fully saturated rings. The quantitative estimate of drug-likeness (QED) is 0.436. The van der Waals surface area contributed by atoms with Crippen LogP contribution in [0.25, 0.3) is 0 Å². The molecule has 0 saturated heterocycles. The molecule has 9 heteroatoms. The Hall–Kier alpha value is -2.81. The highest BCUT2D eigenvalue weighted by atomic mass is 16.5. The zero-order chi connectivity index (χ0) is 17.9. The number of benzene rings is 1. The van der Waals surface area contributed by atoms with Gasteiger partial charge in [-0.05, 0) is 24.5 Å². The Morgan fingerprint density at radius 2 is 1.79 bits per heavy atom. The standard InChI is InChI=1S/C15H16BNO7/c1-4-24-13(18)8-5-6-9-10(7-8)17-12(15(20)23-3)11(16(9)21)14(19)22-2/h5-7,17,21H,4H2,1-3H3. The number of fused-ring (bicyclic) bond motifs is 1. The Bertz CT molecular complexity index is 729. The summed E-state index contributed by atoms with van der Waals surface area (Å²) >= 11 is 0. The summed E-state index contributed by atoms with van der Waals surface area (Å²) in [5, 5.41) is 13.2. The molecule has 1 aliphatic rings. The third-order valence-electron chi connectivity index (χ3n) is 3.46. The van der Waals surface area contributed by atoms with Crippen LogP contribution in [0.1, 0.15) is 17.3 Å². The Balaban J connectivity index is 2.51. The van der Waals surface area contributed by atoms with E-state index in [9.17, 15) is 19.4 Å². The fourth-order valence-electron chi connectivity index (χ4n) is 2.33. The molecule has 0 aliphatic carbocycles. The van der Waals surface area contributed by atoms with Crippen LogP contribution in [0.2, 0.25) is 0 Å². The van der Waals surface area contributed by atoms with E-state index in [4.69, 9.17) is 4.74 Å². The third kappa shape index (κ3) is 3.11. The SMILES string of the molecule is CCOC(=O)c1ccc2c(c1)NC(C(=O)OC)=C(C(=O)OC)B2O. The number of hydrogen-bond acceptors (Lipinski definition) is 8. The first kappa shape index (κ1) is 17.5. The van der Waals surface area contributed by atoms with Crippen LogP contribution in [0, 0.1) is 0 Å². The molecule has 126 valence electrons. The maximum absolute atomic E-state index is 11.9. The molecular weight excluding hydrogens is 317 g/mol. The summed E-state index contributed by atoms with van der Waals surface area (Å²) in [5.74, 6) is -2.25. The molecule has 1 aromatic rings. The van der Waals surface area contributed by atoms with Gasteiger partial charge in [0.15, 0.2) is 0 Å². The second kappa shape index (κ2) is 7.18. The molecule has 0 radical (unpaired) electrons. The van der Waals surface area contributed by atoms with Crippen molar-refractivity contribution in [3.05, 3.63) is 34.9 Å². The average molecular weight is 333 g/mol. The van der Waals surface area contributed by atoms with Crippen LogP contribution in [-0.2, 0) is 23.8 Å². The lowest BCUT2D eigenvalue weighted by atomic mass is 9.52. The Morgan fingerprint density at radius 1 is 1.12 bits per heavy atom. The molecule has 24 heavy (non-hydrogen) atoms. The van der Waals surface area contributed by atoms with Crippen LogP contribution >= 0.6 is 0 Å². The van der Waals surface area contributed by atoms with Gasteiger partial charge in [0.1, 0.15) is 5.70 Å². The average Bonchev–Trinajstić information content (AvgIpc) is 2.59. The zero-order valence-electron chi connectivity index (χ0n) is 13.4. The van der Waals surface area contributed by atoms with Crippen LogP contribution in [0.4, 0.5) is 5.69 Å². The molecular formula is C15H16BNO7. The summed E-state index contributed by atoms with van der Waals surface area (Å²) in [6.07, 6.45) is 0. The molecule has 2 rings (SSSR count). The number of methoxy groups -OCH3 is 2.